The number of hydrogen-bond acceptors (Lipinski definition) is 5. The fourth-order valence-electron chi connectivity index (χ4n) is 2.44. The summed E-state index contributed by atoms with van der Waals surface area (Å²) in [5.41, 5.74) is 3.68. The van der Waals surface area contributed by atoms with E-state index >= 15 is 0 Å². The molecule has 0 fully saturated rings. The van der Waals surface area contributed by atoms with Gasteiger partial charge in [0.05, 0.1) is 27.3 Å². The minimum absolute atomic E-state index is 0.238. The number of amides is 2. The first-order chi connectivity index (χ1) is 15.2. The topological polar surface area (TPSA) is 89.0 Å². The van der Waals surface area contributed by atoms with Gasteiger partial charge < -0.3 is 14.8 Å². The second kappa shape index (κ2) is 12.7. The van der Waals surface area contributed by atoms with Crippen molar-refractivity contribution >= 4 is 57.2 Å². The Labute approximate surface area is 205 Å². The maximum atomic E-state index is 11.8. The maximum Gasteiger partial charge on any atom is 0.329 e. The largest absolute Gasteiger partial charge is 0.490 e. The minimum atomic E-state index is -0.840. The van der Waals surface area contributed by atoms with E-state index < -0.39 is 11.8 Å². The number of hydrogen-bond donors (Lipinski definition) is 2. The monoisotopic (exact) mass is 543 g/mol. The molecule has 32 heavy (non-hydrogen) atoms. The number of carbonyl (C=O) groups excluding carboxylic acids is 2. The highest BCUT2D eigenvalue weighted by Crippen LogP contribution is 2.37. The van der Waals surface area contributed by atoms with Crippen LogP contribution in [0.25, 0.3) is 0 Å². The number of ether oxygens (including phenoxy) is 2. The van der Waals surface area contributed by atoms with Crippen molar-refractivity contribution in [1.82, 2.24) is 10.7 Å². The highest BCUT2D eigenvalue weighted by atomic mass is 79.9. The van der Waals surface area contributed by atoms with Gasteiger partial charge in [0.1, 0.15) is 6.61 Å². The first kappa shape index (κ1) is 26.0. The molecule has 0 saturated heterocycles. The SMILES string of the molecule is CCOc1cc(/C=N\NC(=O)C(=O)NCC(C)C)cc(Br)c1OCc1ccc(Cl)c(Cl)c1. The normalized spacial score (nSPS) is 11.0. The summed E-state index contributed by atoms with van der Waals surface area (Å²) in [5, 5.41) is 7.29. The molecule has 0 saturated carbocycles. The quantitative estimate of drug-likeness (QED) is 0.265. The van der Waals surface area contributed by atoms with Gasteiger partial charge in [0, 0.05) is 6.54 Å². The molecular weight excluding hydrogens is 521 g/mol. The fourth-order valence-corrected chi connectivity index (χ4v) is 3.34. The third kappa shape index (κ3) is 8.00. The molecule has 0 aliphatic carbocycles. The lowest BCUT2D eigenvalue weighted by molar-refractivity contribution is -0.139. The average Bonchev–Trinajstić information content (AvgIpc) is 2.74. The van der Waals surface area contributed by atoms with E-state index in [0.717, 1.165) is 5.56 Å². The molecule has 2 N–H and O–H groups in total. The van der Waals surface area contributed by atoms with Crippen LogP contribution in [-0.4, -0.2) is 31.2 Å². The Balaban J connectivity index is 2.08. The van der Waals surface area contributed by atoms with E-state index in [0.29, 0.717) is 44.7 Å². The summed E-state index contributed by atoms with van der Waals surface area (Å²) >= 11 is 15.5. The average molecular weight is 545 g/mol. The molecule has 0 heterocycles. The van der Waals surface area contributed by atoms with Crippen molar-refractivity contribution in [3.8, 4) is 11.5 Å². The first-order valence-corrected chi connectivity index (χ1v) is 11.4. The van der Waals surface area contributed by atoms with Gasteiger partial charge >= 0.3 is 11.8 Å². The van der Waals surface area contributed by atoms with Gasteiger partial charge in [-0.15, -0.1) is 0 Å². The second-order valence-electron chi connectivity index (χ2n) is 7.10. The maximum absolute atomic E-state index is 11.8. The van der Waals surface area contributed by atoms with Crippen LogP contribution in [0.2, 0.25) is 10.0 Å². The lowest BCUT2D eigenvalue weighted by Crippen LogP contribution is -2.39. The van der Waals surface area contributed by atoms with E-state index in [1.54, 1.807) is 24.3 Å². The van der Waals surface area contributed by atoms with Gasteiger partial charge in [-0.2, -0.15) is 5.10 Å². The Kier molecular flexibility index (Phi) is 10.3. The van der Waals surface area contributed by atoms with Gasteiger partial charge in [-0.25, -0.2) is 5.43 Å². The number of benzene rings is 2. The summed E-state index contributed by atoms with van der Waals surface area (Å²) in [5.74, 6) is -0.343. The van der Waals surface area contributed by atoms with Crippen LogP contribution < -0.4 is 20.2 Å². The highest BCUT2D eigenvalue weighted by molar-refractivity contribution is 9.10. The predicted octanol–water partition coefficient (Wildman–Crippen LogP) is 4.96. The minimum Gasteiger partial charge on any atom is -0.490 e. The molecule has 10 heteroatoms. The van der Waals surface area contributed by atoms with Crippen LogP contribution in [-0.2, 0) is 16.2 Å². The van der Waals surface area contributed by atoms with E-state index in [9.17, 15) is 9.59 Å². The molecule has 2 aromatic rings. The fraction of sp³-hybridized carbons (Fsp3) is 0.318. The van der Waals surface area contributed by atoms with Crippen LogP contribution in [0, 0.1) is 5.92 Å². The van der Waals surface area contributed by atoms with Crippen molar-refractivity contribution < 1.29 is 19.1 Å². The summed E-state index contributed by atoms with van der Waals surface area (Å²) in [6.07, 6.45) is 1.41. The van der Waals surface area contributed by atoms with Crippen molar-refractivity contribution in [2.24, 2.45) is 11.0 Å². The Hall–Kier alpha value is -2.29. The summed E-state index contributed by atoms with van der Waals surface area (Å²) in [6, 6.07) is 8.73. The molecule has 2 rings (SSSR count). The molecule has 2 amide bonds. The standard InChI is InChI=1S/C22H24BrCl2N3O4/c1-4-31-19-9-15(11-27-28-22(30)21(29)26-10-13(2)3)7-16(23)20(19)32-12-14-5-6-17(24)18(25)8-14/h5-9,11,13H,4,10,12H2,1-3H3,(H,26,29)(H,28,30)/b27-11-. The van der Waals surface area contributed by atoms with E-state index in [2.05, 4.69) is 31.8 Å². The van der Waals surface area contributed by atoms with Gasteiger partial charge in [0.2, 0.25) is 0 Å². The van der Waals surface area contributed by atoms with Crippen molar-refractivity contribution in [2.45, 2.75) is 27.4 Å². The lowest BCUT2D eigenvalue weighted by Gasteiger charge is -2.15. The van der Waals surface area contributed by atoms with Gasteiger partial charge in [-0.1, -0.05) is 43.1 Å². The van der Waals surface area contributed by atoms with Crippen LogP contribution in [0.5, 0.6) is 11.5 Å². The smallest absolute Gasteiger partial charge is 0.329 e. The molecular formula is C22H24BrCl2N3O4. The Morgan fingerprint density at radius 3 is 2.53 bits per heavy atom. The van der Waals surface area contributed by atoms with Crippen molar-refractivity contribution in [1.29, 1.82) is 0 Å². The molecule has 0 atom stereocenters. The Bertz CT molecular complexity index is 999. The number of rotatable bonds is 9. The number of nitrogens with zero attached hydrogens (tertiary/aromatic N) is 1. The van der Waals surface area contributed by atoms with Crippen molar-refractivity contribution in [3.63, 3.8) is 0 Å². The van der Waals surface area contributed by atoms with Crippen molar-refractivity contribution in [3.05, 3.63) is 56.0 Å². The summed E-state index contributed by atoms with van der Waals surface area (Å²) in [6.45, 7) is 6.80. The Morgan fingerprint density at radius 1 is 1.12 bits per heavy atom. The summed E-state index contributed by atoms with van der Waals surface area (Å²) in [7, 11) is 0. The van der Waals surface area contributed by atoms with Crippen LogP contribution in [0.15, 0.2) is 39.9 Å². The first-order valence-electron chi connectivity index (χ1n) is 9.85. The van der Waals surface area contributed by atoms with Gasteiger partial charge in [-0.3, -0.25) is 9.59 Å². The molecule has 0 spiro atoms. The van der Waals surface area contributed by atoms with E-state index in [4.69, 9.17) is 32.7 Å². The van der Waals surface area contributed by atoms with Crippen LogP contribution >= 0.6 is 39.1 Å². The third-order valence-electron chi connectivity index (χ3n) is 3.96. The second-order valence-corrected chi connectivity index (χ2v) is 8.77. The van der Waals surface area contributed by atoms with Gasteiger partial charge in [-0.05, 0) is 64.2 Å². The van der Waals surface area contributed by atoms with E-state index in [1.165, 1.54) is 6.21 Å². The molecule has 0 aliphatic rings. The molecule has 2 aromatic carbocycles. The zero-order chi connectivity index (χ0) is 23.7. The number of nitrogens with one attached hydrogen (secondary N) is 2. The van der Waals surface area contributed by atoms with E-state index in [1.807, 2.05) is 26.8 Å². The number of hydrazone groups is 1. The molecule has 0 aliphatic heterocycles. The predicted molar refractivity (Wildman–Crippen MR) is 130 cm³/mol. The molecule has 172 valence electrons. The summed E-state index contributed by atoms with van der Waals surface area (Å²) < 4.78 is 12.3. The molecule has 0 radical (unpaired) electrons. The Morgan fingerprint density at radius 2 is 1.88 bits per heavy atom. The zero-order valence-electron chi connectivity index (χ0n) is 17.9. The van der Waals surface area contributed by atoms with Gasteiger partial charge in [0.25, 0.3) is 0 Å². The van der Waals surface area contributed by atoms with Gasteiger partial charge in [0.15, 0.2) is 11.5 Å². The molecule has 7 nitrogen and oxygen atoms in total. The lowest BCUT2D eigenvalue weighted by atomic mass is 10.2. The van der Waals surface area contributed by atoms with Crippen LogP contribution in [0.1, 0.15) is 31.9 Å². The summed E-state index contributed by atoms with van der Waals surface area (Å²) in [4.78, 5) is 23.5. The zero-order valence-corrected chi connectivity index (χ0v) is 21.0. The molecule has 0 unspecified atom stereocenters. The number of carbonyl (C=O) groups is 2. The van der Waals surface area contributed by atoms with Crippen LogP contribution in [0.3, 0.4) is 0 Å². The molecule has 0 bridgehead atoms. The number of halogens is 3. The molecule has 0 aromatic heterocycles. The third-order valence-corrected chi connectivity index (χ3v) is 5.28. The van der Waals surface area contributed by atoms with Crippen molar-refractivity contribution in [2.75, 3.05) is 13.2 Å². The van der Waals surface area contributed by atoms with E-state index in [-0.39, 0.29) is 12.5 Å². The highest BCUT2D eigenvalue weighted by Gasteiger charge is 2.14. The van der Waals surface area contributed by atoms with Crippen LogP contribution in [0.4, 0.5) is 0 Å².